The molecule has 2 heterocycles. The number of ether oxygens (including phenoxy) is 1. The van der Waals surface area contributed by atoms with Gasteiger partial charge in [0.05, 0.1) is 0 Å². The van der Waals surface area contributed by atoms with Crippen molar-refractivity contribution in [1.82, 2.24) is 15.1 Å². The summed E-state index contributed by atoms with van der Waals surface area (Å²) in [6, 6.07) is 1.77. The summed E-state index contributed by atoms with van der Waals surface area (Å²) in [6.45, 7) is 14.3. The van der Waals surface area contributed by atoms with Gasteiger partial charge in [0.2, 0.25) is 0 Å². The highest BCUT2D eigenvalue weighted by Crippen LogP contribution is 2.18. The van der Waals surface area contributed by atoms with Crippen molar-refractivity contribution < 1.29 is 9.53 Å². The van der Waals surface area contributed by atoms with Gasteiger partial charge < -0.3 is 15.0 Å². The first kappa shape index (κ1) is 18.5. The number of amides is 1. The summed E-state index contributed by atoms with van der Waals surface area (Å²) in [7, 11) is 0. The summed E-state index contributed by atoms with van der Waals surface area (Å²) in [5.41, 5.74) is -0.412. The molecular weight excluding hydrogens is 290 g/mol. The van der Waals surface area contributed by atoms with Gasteiger partial charge in [-0.3, -0.25) is 4.90 Å². The van der Waals surface area contributed by atoms with Crippen LogP contribution in [-0.4, -0.2) is 65.8 Å². The molecule has 0 aliphatic carbocycles. The van der Waals surface area contributed by atoms with Crippen molar-refractivity contribution in [2.75, 3.05) is 26.2 Å². The van der Waals surface area contributed by atoms with Gasteiger partial charge in [-0.1, -0.05) is 0 Å². The molecule has 2 saturated heterocycles. The van der Waals surface area contributed by atoms with Gasteiger partial charge in [0, 0.05) is 37.8 Å². The van der Waals surface area contributed by atoms with E-state index in [4.69, 9.17) is 4.74 Å². The second-order valence-corrected chi connectivity index (χ2v) is 8.34. The average Bonchev–Trinajstić information content (AvgIpc) is 2.76. The van der Waals surface area contributed by atoms with Crippen molar-refractivity contribution in [3.05, 3.63) is 0 Å². The fourth-order valence-electron chi connectivity index (χ4n) is 3.50. The molecule has 0 spiro atoms. The Bertz CT molecular complexity index is 392. The van der Waals surface area contributed by atoms with Crippen LogP contribution in [0, 0.1) is 0 Å². The highest BCUT2D eigenvalue weighted by molar-refractivity contribution is 5.68. The molecule has 2 aliphatic rings. The molecule has 0 bridgehead atoms. The zero-order valence-electron chi connectivity index (χ0n) is 15.6. The van der Waals surface area contributed by atoms with E-state index >= 15 is 0 Å². The first-order chi connectivity index (χ1) is 10.7. The molecule has 2 rings (SSSR count). The van der Waals surface area contributed by atoms with Crippen LogP contribution >= 0.6 is 0 Å². The summed E-state index contributed by atoms with van der Waals surface area (Å²) in [6.07, 6.45) is 4.31. The van der Waals surface area contributed by atoms with E-state index in [0.29, 0.717) is 18.1 Å². The second kappa shape index (κ2) is 7.84. The molecule has 134 valence electrons. The van der Waals surface area contributed by atoms with Crippen LogP contribution in [0.2, 0.25) is 0 Å². The predicted octanol–water partition coefficient (Wildman–Crippen LogP) is 2.85. The Morgan fingerprint density at radius 2 is 1.78 bits per heavy atom. The summed E-state index contributed by atoms with van der Waals surface area (Å²) >= 11 is 0. The van der Waals surface area contributed by atoms with Gasteiger partial charge >= 0.3 is 6.09 Å². The van der Waals surface area contributed by atoms with Crippen LogP contribution in [0.1, 0.15) is 60.3 Å². The Balaban J connectivity index is 1.77. The topological polar surface area (TPSA) is 44.8 Å². The van der Waals surface area contributed by atoms with E-state index < -0.39 is 5.60 Å². The van der Waals surface area contributed by atoms with E-state index in [-0.39, 0.29) is 6.09 Å². The van der Waals surface area contributed by atoms with Crippen LogP contribution in [-0.2, 0) is 4.74 Å². The predicted molar refractivity (Wildman–Crippen MR) is 93.7 cm³/mol. The smallest absolute Gasteiger partial charge is 0.410 e. The zero-order valence-corrected chi connectivity index (χ0v) is 15.6. The molecule has 2 unspecified atom stereocenters. The molecule has 1 amide bonds. The Kier molecular flexibility index (Phi) is 6.32. The first-order valence-corrected chi connectivity index (χ1v) is 9.22. The summed E-state index contributed by atoms with van der Waals surface area (Å²) < 4.78 is 5.50. The van der Waals surface area contributed by atoms with Crippen LogP contribution in [0.4, 0.5) is 4.79 Å². The van der Waals surface area contributed by atoms with Gasteiger partial charge in [-0.2, -0.15) is 0 Å². The fourth-order valence-corrected chi connectivity index (χ4v) is 3.50. The van der Waals surface area contributed by atoms with Gasteiger partial charge in [-0.25, -0.2) is 4.79 Å². The van der Waals surface area contributed by atoms with Gasteiger partial charge in [-0.15, -0.1) is 0 Å². The third-order valence-corrected chi connectivity index (χ3v) is 4.80. The Morgan fingerprint density at radius 3 is 2.39 bits per heavy atom. The number of nitrogens with one attached hydrogen (secondary N) is 1. The molecule has 0 saturated carbocycles. The van der Waals surface area contributed by atoms with Crippen molar-refractivity contribution >= 4 is 6.09 Å². The third kappa shape index (κ3) is 5.96. The van der Waals surface area contributed by atoms with Gasteiger partial charge in [-0.05, 0) is 66.8 Å². The lowest BCUT2D eigenvalue weighted by Crippen LogP contribution is -2.42. The Hall–Kier alpha value is -0.810. The highest BCUT2D eigenvalue weighted by Gasteiger charge is 2.29. The van der Waals surface area contributed by atoms with E-state index in [1.807, 2.05) is 25.7 Å². The van der Waals surface area contributed by atoms with Crippen molar-refractivity contribution in [1.29, 1.82) is 0 Å². The van der Waals surface area contributed by atoms with Crippen LogP contribution in [0.5, 0.6) is 0 Å². The number of hydrogen-bond acceptors (Lipinski definition) is 4. The minimum Gasteiger partial charge on any atom is -0.444 e. The van der Waals surface area contributed by atoms with Crippen LogP contribution < -0.4 is 5.32 Å². The summed E-state index contributed by atoms with van der Waals surface area (Å²) in [5.74, 6) is 0. The minimum absolute atomic E-state index is 0.162. The van der Waals surface area contributed by atoms with Crippen LogP contribution in [0.3, 0.4) is 0 Å². The molecule has 23 heavy (non-hydrogen) atoms. The van der Waals surface area contributed by atoms with Crippen LogP contribution in [0.25, 0.3) is 0 Å². The standard InChI is InChI=1S/C18H35N3O2/c1-14(2)21-12-9-16(13-21)19-15-7-6-10-20(11-8-15)17(22)23-18(3,4)5/h14-16,19H,6-13H2,1-5H3. The molecule has 2 aliphatic heterocycles. The van der Waals surface area contributed by atoms with Crippen LogP contribution in [0.15, 0.2) is 0 Å². The van der Waals surface area contributed by atoms with E-state index in [9.17, 15) is 4.79 Å². The molecule has 1 N–H and O–H groups in total. The molecular formula is C18H35N3O2. The lowest BCUT2D eigenvalue weighted by molar-refractivity contribution is 0.0256. The second-order valence-electron chi connectivity index (χ2n) is 8.34. The SMILES string of the molecule is CC(C)N1CCC(NC2CCCN(C(=O)OC(C)(C)C)CC2)C1. The molecule has 0 aromatic heterocycles. The number of nitrogens with zero attached hydrogens (tertiary/aromatic N) is 2. The van der Waals surface area contributed by atoms with Gasteiger partial charge in [0.15, 0.2) is 0 Å². The lowest BCUT2D eigenvalue weighted by Gasteiger charge is -2.26. The number of hydrogen-bond donors (Lipinski definition) is 1. The van der Waals surface area contributed by atoms with E-state index in [1.165, 1.54) is 13.0 Å². The van der Waals surface area contributed by atoms with E-state index in [2.05, 4.69) is 24.1 Å². The number of carbonyl (C=O) groups excluding carboxylic acids is 1. The fraction of sp³-hybridized carbons (Fsp3) is 0.944. The van der Waals surface area contributed by atoms with Crippen molar-refractivity contribution in [2.24, 2.45) is 0 Å². The first-order valence-electron chi connectivity index (χ1n) is 9.22. The maximum Gasteiger partial charge on any atom is 0.410 e. The van der Waals surface area contributed by atoms with E-state index in [1.54, 1.807) is 0 Å². The zero-order chi connectivity index (χ0) is 17.0. The monoisotopic (exact) mass is 325 g/mol. The largest absolute Gasteiger partial charge is 0.444 e. The molecule has 5 nitrogen and oxygen atoms in total. The quantitative estimate of drug-likeness (QED) is 0.866. The highest BCUT2D eigenvalue weighted by atomic mass is 16.6. The number of rotatable bonds is 3. The maximum absolute atomic E-state index is 12.2. The molecule has 2 fully saturated rings. The van der Waals surface area contributed by atoms with Gasteiger partial charge in [0.1, 0.15) is 5.60 Å². The summed E-state index contributed by atoms with van der Waals surface area (Å²) in [5, 5.41) is 3.83. The molecule has 2 atom stereocenters. The van der Waals surface area contributed by atoms with Gasteiger partial charge in [0.25, 0.3) is 0 Å². The van der Waals surface area contributed by atoms with Crippen molar-refractivity contribution in [3.63, 3.8) is 0 Å². The summed E-state index contributed by atoms with van der Waals surface area (Å²) in [4.78, 5) is 16.6. The van der Waals surface area contributed by atoms with Crippen molar-refractivity contribution in [2.45, 2.75) is 84.0 Å². The Labute approximate surface area is 141 Å². The minimum atomic E-state index is -0.412. The molecule has 0 aromatic carbocycles. The van der Waals surface area contributed by atoms with E-state index in [0.717, 1.165) is 38.9 Å². The van der Waals surface area contributed by atoms with Crippen molar-refractivity contribution in [3.8, 4) is 0 Å². The molecule has 0 radical (unpaired) electrons. The normalized spacial score (nSPS) is 27.3. The molecule has 5 heteroatoms. The molecule has 0 aromatic rings. The number of likely N-dealkylation sites (tertiary alicyclic amines) is 2. The average molecular weight is 325 g/mol. The maximum atomic E-state index is 12.2. The Morgan fingerprint density at radius 1 is 1.09 bits per heavy atom. The third-order valence-electron chi connectivity index (χ3n) is 4.80. The lowest BCUT2D eigenvalue weighted by atomic mass is 10.1. The number of carbonyl (C=O) groups is 1.